The largest absolute Gasteiger partial charge is 0.383 e. The van der Waals surface area contributed by atoms with Gasteiger partial charge in [-0.2, -0.15) is 5.10 Å². The van der Waals surface area contributed by atoms with Crippen molar-refractivity contribution in [2.75, 3.05) is 18.8 Å². The molecule has 0 spiro atoms. The molecule has 0 saturated carbocycles. The molecule has 5 rings (SSSR count). The fourth-order valence-electron chi connectivity index (χ4n) is 4.03. The number of nitrogens with one attached hydrogen (secondary N) is 2. The predicted octanol–water partition coefficient (Wildman–Crippen LogP) is 5.76. The lowest BCUT2D eigenvalue weighted by Crippen LogP contribution is -2.27. The summed E-state index contributed by atoms with van der Waals surface area (Å²) in [7, 11) is 0. The van der Waals surface area contributed by atoms with Gasteiger partial charge in [0.2, 0.25) is 0 Å². The van der Waals surface area contributed by atoms with Crippen LogP contribution in [0.2, 0.25) is 0 Å². The van der Waals surface area contributed by atoms with Crippen LogP contribution in [0.3, 0.4) is 0 Å². The molecule has 0 atom stereocenters. The van der Waals surface area contributed by atoms with Crippen molar-refractivity contribution in [3.63, 3.8) is 0 Å². The second kappa shape index (κ2) is 11.3. The van der Waals surface area contributed by atoms with Crippen LogP contribution < -0.4 is 11.1 Å². The summed E-state index contributed by atoms with van der Waals surface area (Å²) in [5, 5.41) is 13.2. The molecule has 0 bridgehead atoms. The molecule has 1 aliphatic heterocycles. The van der Waals surface area contributed by atoms with Crippen LogP contribution in [0.25, 0.3) is 33.2 Å². The van der Waals surface area contributed by atoms with Crippen LogP contribution in [0.15, 0.2) is 53.4 Å². The van der Waals surface area contributed by atoms with Gasteiger partial charge < -0.3 is 11.1 Å². The van der Waals surface area contributed by atoms with Crippen LogP contribution in [0.5, 0.6) is 0 Å². The number of halogens is 4. The number of pyridine rings is 2. The molecule has 3 aromatic heterocycles. The summed E-state index contributed by atoms with van der Waals surface area (Å²) in [6.07, 6.45) is 7.84. The van der Waals surface area contributed by atoms with Crippen LogP contribution >= 0.6 is 53.2 Å². The van der Waals surface area contributed by atoms with Gasteiger partial charge in [-0.05, 0) is 55.6 Å². The second-order valence-corrected chi connectivity index (χ2v) is 8.34. The van der Waals surface area contributed by atoms with Crippen LogP contribution in [0, 0.1) is 0 Å². The zero-order chi connectivity index (χ0) is 19.8. The summed E-state index contributed by atoms with van der Waals surface area (Å²) in [4.78, 5) is 9.11. The first-order valence-corrected chi connectivity index (χ1v) is 10.5. The van der Waals surface area contributed by atoms with Gasteiger partial charge in [0.15, 0.2) is 0 Å². The molecule has 4 N–H and O–H groups in total. The molecule has 1 fully saturated rings. The van der Waals surface area contributed by atoms with E-state index in [2.05, 4.69) is 65.7 Å². The molecular formula is C22H24BrCl3N6. The Balaban J connectivity index is 0.00000121. The first-order chi connectivity index (χ1) is 14.2. The van der Waals surface area contributed by atoms with Gasteiger partial charge in [0.25, 0.3) is 0 Å². The summed E-state index contributed by atoms with van der Waals surface area (Å²) in [6, 6.07) is 10.3. The van der Waals surface area contributed by atoms with Crippen LogP contribution in [0.1, 0.15) is 24.5 Å². The highest BCUT2D eigenvalue weighted by molar-refractivity contribution is 9.10. The maximum atomic E-state index is 6.23. The normalized spacial score (nSPS) is 13.7. The number of nitrogen functional groups attached to an aromatic ring is 1. The van der Waals surface area contributed by atoms with E-state index in [1.54, 1.807) is 0 Å². The highest BCUT2D eigenvalue weighted by atomic mass is 79.9. The lowest BCUT2D eigenvalue weighted by molar-refractivity contribution is 0.453. The van der Waals surface area contributed by atoms with Crippen molar-refractivity contribution in [3.05, 3.63) is 59.1 Å². The molecule has 10 heteroatoms. The highest BCUT2D eigenvalue weighted by Crippen LogP contribution is 2.35. The number of hydrogen-bond donors (Lipinski definition) is 3. The first-order valence-electron chi connectivity index (χ1n) is 9.75. The van der Waals surface area contributed by atoms with Gasteiger partial charge in [0.05, 0.1) is 11.4 Å². The Bertz CT molecular complexity index is 1190. The fourth-order valence-corrected chi connectivity index (χ4v) is 4.40. The number of aromatic amines is 1. The summed E-state index contributed by atoms with van der Waals surface area (Å²) in [5.41, 5.74) is 11.1. The molecule has 4 heterocycles. The molecule has 1 aromatic carbocycles. The van der Waals surface area contributed by atoms with Crippen molar-refractivity contribution in [1.82, 2.24) is 25.5 Å². The Hall–Kier alpha value is -1.90. The summed E-state index contributed by atoms with van der Waals surface area (Å²) >= 11 is 3.51. The van der Waals surface area contributed by atoms with E-state index in [1.807, 2.05) is 24.7 Å². The molecule has 0 radical (unpaired) electrons. The zero-order valence-electron chi connectivity index (χ0n) is 17.0. The number of aromatic nitrogens is 4. The van der Waals surface area contributed by atoms with E-state index in [0.29, 0.717) is 11.7 Å². The summed E-state index contributed by atoms with van der Waals surface area (Å²) < 4.78 is 1.04. The monoisotopic (exact) mass is 556 g/mol. The molecule has 4 aromatic rings. The minimum Gasteiger partial charge on any atom is -0.383 e. The van der Waals surface area contributed by atoms with Crippen molar-refractivity contribution in [2.45, 2.75) is 18.8 Å². The van der Waals surface area contributed by atoms with Crippen LogP contribution in [-0.2, 0) is 0 Å². The average molecular weight is 559 g/mol. The third kappa shape index (κ3) is 5.18. The number of nitrogens with zero attached hydrogens (tertiary/aromatic N) is 3. The quantitative estimate of drug-likeness (QED) is 0.297. The van der Waals surface area contributed by atoms with E-state index in [1.165, 1.54) is 0 Å². The van der Waals surface area contributed by atoms with E-state index in [0.717, 1.165) is 69.3 Å². The second-order valence-electron chi connectivity index (χ2n) is 7.43. The van der Waals surface area contributed by atoms with E-state index < -0.39 is 0 Å². The Morgan fingerprint density at radius 3 is 2.47 bits per heavy atom. The number of fused-ring (bicyclic) bond motifs is 1. The lowest BCUT2D eigenvalue weighted by Gasteiger charge is -2.22. The number of hydrogen-bond acceptors (Lipinski definition) is 5. The van der Waals surface area contributed by atoms with Gasteiger partial charge in [-0.15, -0.1) is 37.2 Å². The topological polar surface area (TPSA) is 92.5 Å². The van der Waals surface area contributed by atoms with Gasteiger partial charge >= 0.3 is 0 Å². The van der Waals surface area contributed by atoms with Gasteiger partial charge in [-0.3, -0.25) is 10.1 Å². The predicted molar refractivity (Wildman–Crippen MR) is 141 cm³/mol. The number of rotatable bonds is 3. The van der Waals surface area contributed by atoms with Gasteiger partial charge in [0, 0.05) is 51.1 Å². The van der Waals surface area contributed by atoms with Crippen molar-refractivity contribution in [3.8, 4) is 22.4 Å². The maximum Gasteiger partial charge on any atom is 0.132 e. The highest BCUT2D eigenvalue weighted by Gasteiger charge is 2.22. The van der Waals surface area contributed by atoms with Crippen LogP contribution in [0.4, 0.5) is 5.82 Å². The number of H-pyrrole nitrogens is 1. The molecule has 1 aliphatic rings. The van der Waals surface area contributed by atoms with Gasteiger partial charge in [-0.1, -0.05) is 22.0 Å². The maximum absolute atomic E-state index is 6.23. The van der Waals surface area contributed by atoms with Crippen molar-refractivity contribution >= 4 is 69.7 Å². The lowest BCUT2D eigenvalue weighted by atomic mass is 9.90. The van der Waals surface area contributed by atoms with Crippen molar-refractivity contribution < 1.29 is 0 Å². The smallest absolute Gasteiger partial charge is 0.132 e. The Morgan fingerprint density at radius 2 is 1.69 bits per heavy atom. The summed E-state index contributed by atoms with van der Waals surface area (Å²) in [5.74, 6) is 0.931. The number of anilines is 1. The standard InChI is InChI=1S/C22H21BrN6.3ClH/c23-17-2-1-14-9-20(26-10-15(14)7-17)18-8-16(11-27-22(18)24)19-12-28-29-21(19)13-3-5-25-6-4-13;;;/h1-2,7-13,25H,3-6H2,(H2,24,27)(H,28,29);3*1H. The number of piperidine rings is 1. The minimum atomic E-state index is 0. The van der Waals surface area contributed by atoms with E-state index in [4.69, 9.17) is 5.73 Å². The molecule has 170 valence electrons. The third-order valence-electron chi connectivity index (χ3n) is 5.58. The molecule has 0 aliphatic carbocycles. The number of benzene rings is 1. The Kier molecular flexibility index (Phi) is 9.30. The van der Waals surface area contributed by atoms with Crippen LogP contribution in [-0.4, -0.2) is 33.3 Å². The molecule has 6 nitrogen and oxygen atoms in total. The zero-order valence-corrected chi connectivity index (χ0v) is 21.1. The first kappa shape index (κ1) is 26.4. The molecule has 1 saturated heterocycles. The van der Waals surface area contributed by atoms with E-state index in [-0.39, 0.29) is 37.2 Å². The molecule has 32 heavy (non-hydrogen) atoms. The van der Waals surface area contributed by atoms with Gasteiger partial charge in [-0.25, -0.2) is 4.98 Å². The summed E-state index contributed by atoms with van der Waals surface area (Å²) in [6.45, 7) is 2.05. The van der Waals surface area contributed by atoms with Crippen molar-refractivity contribution in [2.24, 2.45) is 0 Å². The SMILES string of the molecule is Cl.Cl.Cl.Nc1ncc(-c2c[nH]nc2C2CCNCC2)cc1-c1cc2ccc(Br)cc2cn1. The molecular weight excluding hydrogens is 535 g/mol. The number of nitrogens with two attached hydrogens (primary N) is 1. The fraction of sp³-hybridized carbons (Fsp3) is 0.227. The van der Waals surface area contributed by atoms with Crippen molar-refractivity contribution in [1.29, 1.82) is 0 Å². The Labute approximate surface area is 213 Å². The minimum absolute atomic E-state index is 0. The average Bonchev–Trinajstić information content (AvgIpc) is 3.24. The van der Waals surface area contributed by atoms with E-state index >= 15 is 0 Å². The molecule has 0 unspecified atom stereocenters. The van der Waals surface area contributed by atoms with Gasteiger partial charge in [0.1, 0.15) is 5.82 Å². The van der Waals surface area contributed by atoms with E-state index in [9.17, 15) is 0 Å². The Morgan fingerprint density at radius 1 is 0.906 bits per heavy atom. The molecule has 0 amide bonds. The third-order valence-corrected chi connectivity index (χ3v) is 6.08.